The summed E-state index contributed by atoms with van der Waals surface area (Å²) < 4.78 is 18.2. The van der Waals surface area contributed by atoms with Crippen LogP contribution in [0.1, 0.15) is 30.8 Å². The molecule has 7 heteroatoms. The van der Waals surface area contributed by atoms with Gasteiger partial charge in [-0.15, -0.1) is 0 Å². The van der Waals surface area contributed by atoms with Crippen LogP contribution in [-0.2, 0) is 0 Å². The Labute approximate surface area is 144 Å². The molecule has 0 spiro atoms. The summed E-state index contributed by atoms with van der Waals surface area (Å²) in [5.74, 6) is -0.719. The van der Waals surface area contributed by atoms with Gasteiger partial charge in [0.05, 0.1) is 12.2 Å². The van der Waals surface area contributed by atoms with Crippen molar-refractivity contribution in [3.63, 3.8) is 0 Å². The lowest BCUT2D eigenvalue weighted by atomic mass is 9.86. The molecule has 0 radical (unpaired) electrons. The highest BCUT2D eigenvalue weighted by Crippen LogP contribution is 2.30. The predicted molar refractivity (Wildman–Crippen MR) is 88.2 cm³/mol. The number of nitrogens with zero attached hydrogens (tertiary/aromatic N) is 2. The van der Waals surface area contributed by atoms with E-state index in [0.717, 1.165) is 0 Å². The molecule has 0 aliphatic carbocycles. The average molecular weight is 348 g/mol. The van der Waals surface area contributed by atoms with Crippen LogP contribution in [0.2, 0.25) is 0 Å². The van der Waals surface area contributed by atoms with Gasteiger partial charge in [-0.05, 0) is 36.1 Å². The number of hydrogen-bond acceptors (Lipinski definition) is 5. The highest BCUT2D eigenvalue weighted by Gasteiger charge is 2.37. The third-order valence-corrected chi connectivity index (χ3v) is 4.38. The van der Waals surface area contributed by atoms with E-state index in [1.165, 1.54) is 23.1 Å². The number of halogens is 1. The van der Waals surface area contributed by atoms with Gasteiger partial charge in [-0.3, -0.25) is 4.79 Å². The Hall–Kier alpha value is -2.25. The summed E-state index contributed by atoms with van der Waals surface area (Å²) in [7, 11) is 0. The van der Waals surface area contributed by atoms with Crippen molar-refractivity contribution in [3.05, 3.63) is 41.9 Å². The van der Waals surface area contributed by atoms with Crippen LogP contribution in [-0.4, -0.2) is 51.5 Å². The molecule has 3 rings (SSSR count). The second-order valence-electron chi connectivity index (χ2n) is 7.27. The van der Waals surface area contributed by atoms with Crippen molar-refractivity contribution in [3.8, 4) is 11.3 Å². The van der Waals surface area contributed by atoms with Gasteiger partial charge in [-0.1, -0.05) is 19.0 Å². The molecule has 2 atom stereocenters. The number of aliphatic hydroxyl groups excluding tert-OH is 2. The molecule has 25 heavy (non-hydrogen) atoms. The Morgan fingerprint density at radius 2 is 1.96 bits per heavy atom. The fraction of sp³-hybridized carbons (Fsp3) is 0.444. The van der Waals surface area contributed by atoms with Crippen molar-refractivity contribution in [1.82, 2.24) is 10.1 Å². The number of aliphatic hydroxyl groups is 2. The summed E-state index contributed by atoms with van der Waals surface area (Å²) in [5.41, 5.74) is 0.723. The van der Waals surface area contributed by atoms with Crippen LogP contribution in [0.3, 0.4) is 0 Å². The number of likely N-dealkylation sites (tertiary alicyclic amines) is 1. The van der Waals surface area contributed by atoms with E-state index >= 15 is 0 Å². The monoisotopic (exact) mass is 348 g/mol. The van der Waals surface area contributed by atoms with Crippen LogP contribution < -0.4 is 0 Å². The standard InChI is InChI=1S/C18H21FN2O4/c1-18(2)8-14(22)15(23)9-21(10-18)17(24)16-7-13(20-25-16)11-3-5-12(19)6-4-11/h3-7,14-15,22-23H,8-10H2,1-2H3/t14-,15+/m1/s1. The molecule has 1 aromatic carbocycles. The Balaban J connectivity index is 1.82. The molecule has 6 nitrogen and oxygen atoms in total. The van der Waals surface area contributed by atoms with E-state index in [2.05, 4.69) is 5.16 Å². The Morgan fingerprint density at radius 3 is 2.64 bits per heavy atom. The highest BCUT2D eigenvalue weighted by molar-refractivity contribution is 5.92. The van der Waals surface area contributed by atoms with Gasteiger partial charge < -0.3 is 19.6 Å². The first-order valence-electron chi connectivity index (χ1n) is 8.13. The summed E-state index contributed by atoms with van der Waals surface area (Å²) in [6, 6.07) is 7.21. The normalized spacial score (nSPS) is 23.3. The van der Waals surface area contributed by atoms with Gasteiger partial charge in [0.1, 0.15) is 11.5 Å². The van der Waals surface area contributed by atoms with Crippen molar-refractivity contribution in [2.24, 2.45) is 5.41 Å². The van der Waals surface area contributed by atoms with Gasteiger partial charge in [-0.25, -0.2) is 4.39 Å². The number of carbonyl (C=O) groups is 1. The lowest BCUT2D eigenvalue weighted by Crippen LogP contribution is -2.40. The van der Waals surface area contributed by atoms with Crippen molar-refractivity contribution >= 4 is 5.91 Å². The van der Waals surface area contributed by atoms with E-state index in [4.69, 9.17) is 4.52 Å². The van der Waals surface area contributed by atoms with Crippen LogP contribution in [0.5, 0.6) is 0 Å². The van der Waals surface area contributed by atoms with Gasteiger partial charge in [0.15, 0.2) is 0 Å². The summed E-state index contributed by atoms with van der Waals surface area (Å²) >= 11 is 0. The van der Waals surface area contributed by atoms with E-state index in [1.54, 1.807) is 12.1 Å². The lowest BCUT2D eigenvalue weighted by Gasteiger charge is -2.28. The zero-order valence-electron chi connectivity index (χ0n) is 14.1. The molecule has 134 valence electrons. The smallest absolute Gasteiger partial charge is 0.292 e. The van der Waals surface area contributed by atoms with Gasteiger partial charge in [0, 0.05) is 24.7 Å². The summed E-state index contributed by atoms with van der Waals surface area (Å²) in [6.45, 7) is 4.26. The molecule has 1 aromatic heterocycles. The molecule has 2 N–H and O–H groups in total. The Morgan fingerprint density at radius 1 is 1.28 bits per heavy atom. The largest absolute Gasteiger partial charge is 0.390 e. The molecular weight excluding hydrogens is 327 g/mol. The quantitative estimate of drug-likeness (QED) is 0.868. The van der Waals surface area contributed by atoms with E-state index < -0.39 is 18.1 Å². The average Bonchev–Trinajstić information content (AvgIpc) is 2.99. The van der Waals surface area contributed by atoms with E-state index in [1.807, 2.05) is 13.8 Å². The fourth-order valence-corrected chi connectivity index (χ4v) is 3.14. The molecule has 0 saturated carbocycles. The third-order valence-electron chi connectivity index (χ3n) is 4.38. The van der Waals surface area contributed by atoms with E-state index in [-0.39, 0.29) is 23.5 Å². The van der Waals surface area contributed by atoms with Crippen molar-refractivity contribution < 1.29 is 23.9 Å². The SMILES string of the molecule is CC1(C)C[C@@H](O)[C@@H](O)CN(C(=O)c2cc(-c3ccc(F)cc3)no2)C1. The zero-order valence-corrected chi connectivity index (χ0v) is 14.1. The number of amides is 1. The molecule has 1 amide bonds. The minimum Gasteiger partial charge on any atom is -0.390 e. The van der Waals surface area contributed by atoms with E-state index in [9.17, 15) is 19.4 Å². The van der Waals surface area contributed by atoms with Crippen LogP contribution in [0, 0.1) is 11.2 Å². The maximum atomic E-state index is 13.0. The van der Waals surface area contributed by atoms with Gasteiger partial charge >= 0.3 is 0 Å². The molecule has 2 aromatic rings. The topological polar surface area (TPSA) is 86.8 Å². The molecule has 0 bridgehead atoms. The minimum atomic E-state index is -1.01. The number of carbonyl (C=O) groups excluding carboxylic acids is 1. The molecule has 1 aliphatic rings. The predicted octanol–water partition coefficient (Wildman–Crippen LogP) is 2.07. The highest BCUT2D eigenvalue weighted by atomic mass is 19.1. The first-order valence-corrected chi connectivity index (χ1v) is 8.13. The van der Waals surface area contributed by atoms with Gasteiger partial charge in [0.25, 0.3) is 5.91 Å². The Bertz CT molecular complexity index is 757. The second-order valence-corrected chi connectivity index (χ2v) is 7.27. The molecule has 0 unspecified atom stereocenters. The summed E-state index contributed by atoms with van der Waals surface area (Å²) in [4.78, 5) is 14.2. The first kappa shape index (κ1) is 17.6. The van der Waals surface area contributed by atoms with Crippen LogP contribution in [0.25, 0.3) is 11.3 Å². The number of aromatic nitrogens is 1. The fourth-order valence-electron chi connectivity index (χ4n) is 3.14. The number of β-amino-alcohol motifs (C(OH)–C–C–N with tert-alkyl or cyclic N) is 1. The number of benzene rings is 1. The number of rotatable bonds is 2. The maximum absolute atomic E-state index is 13.0. The third kappa shape index (κ3) is 3.88. The summed E-state index contributed by atoms with van der Waals surface area (Å²) in [6.07, 6.45) is -1.49. The molecular formula is C18H21FN2O4. The summed E-state index contributed by atoms with van der Waals surface area (Å²) in [5, 5.41) is 23.9. The maximum Gasteiger partial charge on any atom is 0.292 e. The van der Waals surface area contributed by atoms with Crippen LogP contribution in [0.4, 0.5) is 4.39 Å². The molecule has 2 heterocycles. The van der Waals surface area contributed by atoms with Crippen molar-refractivity contribution in [1.29, 1.82) is 0 Å². The Kier molecular flexibility index (Phi) is 4.62. The van der Waals surface area contributed by atoms with Crippen molar-refractivity contribution in [2.75, 3.05) is 13.1 Å². The number of hydrogen-bond donors (Lipinski definition) is 2. The molecule has 1 saturated heterocycles. The van der Waals surface area contributed by atoms with E-state index in [0.29, 0.717) is 24.2 Å². The zero-order chi connectivity index (χ0) is 18.2. The second kappa shape index (κ2) is 6.57. The lowest BCUT2D eigenvalue weighted by molar-refractivity contribution is 0.00334. The van der Waals surface area contributed by atoms with Gasteiger partial charge in [0.2, 0.25) is 5.76 Å². The molecule has 1 aliphatic heterocycles. The van der Waals surface area contributed by atoms with Gasteiger partial charge in [-0.2, -0.15) is 0 Å². The first-order chi connectivity index (χ1) is 11.7. The molecule has 1 fully saturated rings. The van der Waals surface area contributed by atoms with Crippen LogP contribution in [0.15, 0.2) is 34.9 Å². The van der Waals surface area contributed by atoms with Crippen molar-refractivity contribution in [2.45, 2.75) is 32.5 Å². The minimum absolute atomic E-state index is 0.0238. The van der Waals surface area contributed by atoms with Crippen LogP contribution >= 0.6 is 0 Å².